The average molecular weight is 435 g/mol. The Kier molecular flexibility index (Phi) is 14.7. The Hall–Kier alpha value is -1.88. The Morgan fingerprint density at radius 1 is 0.806 bits per heavy atom. The van der Waals surface area contributed by atoms with Crippen LogP contribution in [0.3, 0.4) is 0 Å². The van der Waals surface area contributed by atoms with Gasteiger partial charge in [-0.25, -0.2) is 9.59 Å². The molecule has 0 aliphatic carbocycles. The predicted octanol–water partition coefficient (Wildman–Crippen LogP) is 6.59. The van der Waals surface area contributed by atoms with Gasteiger partial charge in [-0.1, -0.05) is 77.3 Å². The van der Waals surface area contributed by atoms with E-state index in [1.54, 1.807) is 31.4 Å². The Labute approximate surface area is 188 Å². The van der Waals surface area contributed by atoms with Crippen molar-refractivity contribution >= 4 is 11.9 Å². The third kappa shape index (κ3) is 11.3. The molecule has 2 atom stereocenters. The van der Waals surface area contributed by atoms with Gasteiger partial charge in [-0.05, 0) is 37.8 Å². The lowest BCUT2D eigenvalue weighted by Crippen LogP contribution is -2.24. The van der Waals surface area contributed by atoms with Crippen molar-refractivity contribution in [2.45, 2.75) is 91.1 Å². The highest BCUT2D eigenvalue weighted by molar-refractivity contribution is 6.03. The van der Waals surface area contributed by atoms with E-state index in [4.69, 9.17) is 14.2 Å². The van der Waals surface area contributed by atoms with E-state index >= 15 is 0 Å². The molecule has 0 aliphatic rings. The topological polar surface area (TPSA) is 61.8 Å². The normalized spacial score (nSPS) is 12.9. The fraction of sp³-hybridized carbons (Fsp3) is 0.692. The zero-order chi connectivity index (χ0) is 22.9. The molecule has 0 aromatic heterocycles. The minimum Gasteiger partial charge on any atom is -0.462 e. The number of esters is 2. The van der Waals surface area contributed by atoms with Crippen LogP contribution in [0.15, 0.2) is 24.3 Å². The van der Waals surface area contributed by atoms with Gasteiger partial charge >= 0.3 is 11.9 Å². The Balaban J connectivity index is 2.41. The fourth-order valence-electron chi connectivity index (χ4n) is 3.38. The molecule has 2 unspecified atom stereocenters. The van der Waals surface area contributed by atoms with Crippen molar-refractivity contribution in [3.63, 3.8) is 0 Å². The summed E-state index contributed by atoms with van der Waals surface area (Å²) in [5.41, 5.74) is 0.519. The van der Waals surface area contributed by atoms with Crippen LogP contribution in [0.5, 0.6) is 0 Å². The van der Waals surface area contributed by atoms with E-state index in [-0.39, 0.29) is 23.1 Å². The second-order valence-corrected chi connectivity index (χ2v) is 8.38. The number of ether oxygens (including phenoxy) is 3. The van der Waals surface area contributed by atoms with Gasteiger partial charge in [-0.2, -0.15) is 0 Å². The number of rotatable bonds is 17. The van der Waals surface area contributed by atoms with Crippen molar-refractivity contribution in [3.05, 3.63) is 35.4 Å². The molecule has 0 heterocycles. The minimum absolute atomic E-state index is 0.162. The van der Waals surface area contributed by atoms with E-state index in [0.717, 1.165) is 19.3 Å². The lowest BCUT2D eigenvalue weighted by molar-refractivity contribution is 0.0168. The molecule has 0 spiro atoms. The van der Waals surface area contributed by atoms with Gasteiger partial charge < -0.3 is 14.2 Å². The standard InChI is InChI=1S/C26H42O5/c1-5-6-7-8-9-10-11-12-15-19-30-25(27)23-16-13-14-17-24(23)26(28)31-22(3)21(2)18-20-29-4/h13-14,16-17,21-22H,5-12,15,18-20H2,1-4H3. The van der Waals surface area contributed by atoms with Gasteiger partial charge in [0, 0.05) is 13.7 Å². The molecule has 0 saturated heterocycles. The molecule has 1 aromatic rings. The molecular formula is C26H42O5. The maximum absolute atomic E-state index is 12.6. The van der Waals surface area contributed by atoms with Gasteiger partial charge in [0.25, 0.3) is 0 Å². The van der Waals surface area contributed by atoms with Crippen molar-refractivity contribution in [1.29, 1.82) is 0 Å². The summed E-state index contributed by atoms with van der Waals surface area (Å²) in [6.45, 7) is 7.10. The smallest absolute Gasteiger partial charge is 0.339 e. The molecule has 1 aromatic carbocycles. The molecule has 31 heavy (non-hydrogen) atoms. The van der Waals surface area contributed by atoms with Crippen molar-refractivity contribution in [1.82, 2.24) is 0 Å². The van der Waals surface area contributed by atoms with E-state index in [2.05, 4.69) is 6.92 Å². The summed E-state index contributed by atoms with van der Waals surface area (Å²) < 4.78 is 16.1. The maximum atomic E-state index is 12.6. The summed E-state index contributed by atoms with van der Waals surface area (Å²) in [5, 5.41) is 0. The second kappa shape index (κ2) is 16.8. The van der Waals surface area contributed by atoms with Gasteiger partial charge in [0.05, 0.1) is 17.7 Å². The van der Waals surface area contributed by atoms with E-state index < -0.39 is 11.9 Å². The Morgan fingerprint density at radius 3 is 1.94 bits per heavy atom. The third-order valence-corrected chi connectivity index (χ3v) is 5.72. The zero-order valence-electron chi connectivity index (χ0n) is 20.0. The van der Waals surface area contributed by atoms with E-state index in [1.165, 1.54) is 44.9 Å². The average Bonchev–Trinajstić information content (AvgIpc) is 2.78. The van der Waals surface area contributed by atoms with Crippen molar-refractivity contribution in [2.24, 2.45) is 5.92 Å². The van der Waals surface area contributed by atoms with Gasteiger partial charge in [0.15, 0.2) is 0 Å². The largest absolute Gasteiger partial charge is 0.462 e. The Bertz CT molecular complexity index is 628. The van der Waals surface area contributed by atoms with Crippen LogP contribution in [0, 0.1) is 5.92 Å². The Morgan fingerprint density at radius 2 is 1.35 bits per heavy atom. The highest BCUT2D eigenvalue weighted by atomic mass is 16.5. The van der Waals surface area contributed by atoms with E-state index in [1.807, 2.05) is 13.8 Å². The SMILES string of the molecule is CCCCCCCCCCCOC(=O)c1ccccc1C(=O)OC(C)C(C)CCOC. The molecule has 0 fully saturated rings. The molecule has 5 heteroatoms. The minimum atomic E-state index is -0.493. The number of methoxy groups -OCH3 is 1. The first-order valence-corrected chi connectivity index (χ1v) is 12.0. The first-order chi connectivity index (χ1) is 15.0. The van der Waals surface area contributed by atoms with Crippen LogP contribution >= 0.6 is 0 Å². The molecule has 0 radical (unpaired) electrons. The molecule has 1 rings (SSSR count). The second-order valence-electron chi connectivity index (χ2n) is 8.38. The first-order valence-electron chi connectivity index (χ1n) is 12.0. The van der Waals surface area contributed by atoms with Gasteiger partial charge in [0.2, 0.25) is 0 Å². The van der Waals surface area contributed by atoms with Crippen LogP contribution in [-0.4, -0.2) is 38.4 Å². The van der Waals surface area contributed by atoms with Crippen molar-refractivity contribution in [2.75, 3.05) is 20.3 Å². The fourth-order valence-corrected chi connectivity index (χ4v) is 3.38. The van der Waals surface area contributed by atoms with Crippen LogP contribution < -0.4 is 0 Å². The zero-order valence-corrected chi connectivity index (χ0v) is 20.0. The van der Waals surface area contributed by atoms with Crippen LogP contribution in [0.25, 0.3) is 0 Å². The van der Waals surface area contributed by atoms with Crippen molar-refractivity contribution in [3.8, 4) is 0 Å². The summed E-state index contributed by atoms with van der Waals surface area (Å²) in [6.07, 6.45) is 11.4. The number of carbonyl (C=O) groups excluding carboxylic acids is 2. The van der Waals surface area contributed by atoms with Gasteiger partial charge in [-0.3, -0.25) is 0 Å². The number of carbonyl (C=O) groups is 2. The quantitative estimate of drug-likeness (QED) is 0.204. The predicted molar refractivity (Wildman–Crippen MR) is 124 cm³/mol. The van der Waals surface area contributed by atoms with E-state index in [9.17, 15) is 9.59 Å². The van der Waals surface area contributed by atoms with E-state index in [0.29, 0.717) is 13.2 Å². The monoisotopic (exact) mass is 434 g/mol. The van der Waals surface area contributed by atoms with Crippen LogP contribution in [0.2, 0.25) is 0 Å². The summed E-state index contributed by atoms with van der Waals surface area (Å²) in [6, 6.07) is 6.70. The van der Waals surface area contributed by atoms with Crippen LogP contribution in [0.1, 0.15) is 106 Å². The van der Waals surface area contributed by atoms with Gasteiger partial charge in [0.1, 0.15) is 6.10 Å². The third-order valence-electron chi connectivity index (χ3n) is 5.72. The molecule has 176 valence electrons. The number of hydrogen-bond donors (Lipinski definition) is 0. The summed E-state index contributed by atoms with van der Waals surface area (Å²) >= 11 is 0. The number of benzene rings is 1. The lowest BCUT2D eigenvalue weighted by atomic mass is 10.0. The molecule has 0 aliphatic heterocycles. The van der Waals surface area contributed by atoms with Crippen LogP contribution in [0.4, 0.5) is 0 Å². The van der Waals surface area contributed by atoms with Crippen molar-refractivity contribution < 1.29 is 23.8 Å². The summed E-state index contributed by atoms with van der Waals surface area (Å²) in [5.74, 6) is -0.797. The summed E-state index contributed by atoms with van der Waals surface area (Å²) in [4.78, 5) is 25.2. The lowest BCUT2D eigenvalue weighted by Gasteiger charge is -2.20. The first kappa shape index (κ1) is 27.2. The van der Waals surface area contributed by atoms with Gasteiger partial charge in [-0.15, -0.1) is 0 Å². The highest BCUT2D eigenvalue weighted by Crippen LogP contribution is 2.17. The highest BCUT2D eigenvalue weighted by Gasteiger charge is 2.22. The molecule has 0 saturated carbocycles. The maximum Gasteiger partial charge on any atom is 0.339 e. The molecule has 0 bridgehead atoms. The summed E-state index contributed by atoms with van der Waals surface area (Å²) in [7, 11) is 1.65. The van der Waals surface area contributed by atoms with Crippen LogP contribution in [-0.2, 0) is 14.2 Å². The molecule has 0 amide bonds. The molecule has 0 N–H and O–H groups in total. The molecule has 5 nitrogen and oxygen atoms in total. The molecular weight excluding hydrogens is 392 g/mol. The number of hydrogen-bond acceptors (Lipinski definition) is 5. The number of unbranched alkanes of at least 4 members (excludes halogenated alkanes) is 8.